The Bertz CT molecular complexity index is 1410. The van der Waals surface area contributed by atoms with Gasteiger partial charge in [0, 0.05) is 85.9 Å². The molecule has 6 radical (unpaired) electrons. The average Bonchev–Trinajstić information content (AvgIpc) is 3.66. The lowest BCUT2D eigenvalue weighted by Crippen LogP contribution is -3.00. The number of ketones is 1. The molecule has 0 aromatic carbocycles. The van der Waals surface area contributed by atoms with Gasteiger partial charge in [-0.15, -0.1) is 0 Å². The van der Waals surface area contributed by atoms with E-state index >= 15 is 0 Å². The Morgan fingerprint density at radius 3 is 1.54 bits per heavy atom. The van der Waals surface area contributed by atoms with Crippen LogP contribution in [-0.2, 0) is 30.2 Å². The Balaban J connectivity index is -0.0000000920. The fourth-order valence-electron chi connectivity index (χ4n) is 3.59. The molecule has 1 saturated heterocycles. The molecule has 0 aliphatic carbocycles. The number of nitrogens with one attached hydrogen (secondary N) is 2. The monoisotopic (exact) mass is 930 g/mol. The lowest BCUT2D eigenvalue weighted by molar-refractivity contribution is -0.457. The molecule has 2 aromatic rings. The van der Waals surface area contributed by atoms with Crippen LogP contribution in [0.15, 0.2) is 17.5 Å². The molecule has 2 aromatic heterocycles. The molecule has 3 heterocycles. The van der Waals surface area contributed by atoms with Gasteiger partial charge in [0.05, 0.1) is 24.8 Å². The van der Waals surface area contributed by atoms with Crippen LogP contribution in [0.2, 0.25) is 6.82 Å². The summed E-state index contributed by atoms with van der Waals surface area (Å²) in [5, 5.41) is 11.9. The van der Waals surface area contributed by atoms with Crippen molar-refractivity contribution in [2.75, 3.05) is 54.4 Å². The zero-order chi connectivity index (χ0) is 48.1. The fourth-order valence-corrected chi connectivity index (χ4v) is 3.59. The van der Waals surface area contributed by atoms with Crippen LogP contribution in [-0.4, -0.2) is 162 Å². The first-order valence-electron chi connectivity index (χ1n) is 17.1. The van der Waals surface area contributed by atoms with E-state index in [1.54, 1.807) is 48.3 Å². The first kappa shape index (κ1) is 74.8. The molecule has 3 rings (SSSR count). The van der Waals surface area contributed by atoms with Crippen molar-refractivity contribution in [3.63, 3.8) is 0 Å². The molecule has 0 bridgehead atoms. The first-order valence-corrected chi connectivity index (χ1v) is 16.9. The second kappa shape index (κ2) is 44.4. The van der Waals surface area contributed by atoms with Crippen molar-refractivity contribution in [2.24, 2.45) is 25.0 Å². The number of alkyl halides is 6. The number of carbonyl (C=O) groups excluding carboxylic acids is 3. The first-order chi connectivity index (χ1) is 27.3. The highest BCUT2D eigenvalue weighted by molar-refractivity contribution is 6.54. The maximum atomic E-state index is 12.5. The van der Waals surface area contributed by atoms with Gasteiger partial charge in [-0.25, -0.2) is 9.37 Å². The van der Waals surface area contributed by atoms with Crippen LogP contribution in [0.5, 0.6) is 0 Å². The topological polar surface area (TPSA) is 168 Å². The van der Waals surface area contributed by atoms with Crippen LogP contribution in [0.1, 0.15) is 69.9 Å². The number of hydrazone groups is 1. The van der Waals surface area contributed by atoms with Crippen molar-refractivity contribution in [1.29, 1.82) is 1.34 Å². The maximum Gasteiger partial charge on any atom is 0.434 e. The number of nitrogens with two attached hydrogens (primary N) is 1. The highest BCUT2D eigenvalue weighted by Crippen LogP contribution is 2.36. The third kappa shape index (κ3) is 44.2. The minimum atomic E-state index is -5.71. The number of halogens is 9. The molecule has 0 spiro atoms. The number of amides is 1. The Morgan fingerprint density at radius 1 is 0.967 bits per heavy atom. The minimum absolute atomic E-state index is 0. The van der Waals surface area contributed by atoms with E-state index in [0.29, 0.717) is 25.2 Å². The van der Waals surface area contributed by atoms with E-state index in [0.717, 1.165) is 33.8 Å². The number of aryl methyl sites for hydroxylation is 4. The van der Waals surface area contributed by atoms with Crippen LogP contribution >= 0.6 is 11.6 Å². The number of nitrogens with zero attached hydrogens (tertiary/aromatic N) is 8. The van der Waals surface area contributed by atoms with Crippen molar-refractivity contribution in [3.8, 4) is 0 Å². The summed E-state index contributed by atoms with van der Waals surface area (Å²) in [5.74, 6) is 4.76. The van der Waals surface area contributed by atoms with Gasteiger partial charge >= 0.3 is 26.6 Å². The fraction of sp³-hybridized carbons (Fsp3) is 0.676. The van der Waals surface area contributed by atoms with Crippen molar-refractivity contribution in [1.82, 2.24) is 40.2 Å². The van der Waals surface area contributed by atoms with Crippen LogP contribution in [0, 0.1) is 13.8 Å². The molecule has 61 heavy (non-hydrogen) atoms. The van der Waals surface area contributed by atoms with Crippen molar-refractivity contribution in [2.45, 2.75) is 88.2 Å². The summed E-state index contributed by atoms with van der Waals surface area (Å²) in [5.41, 5.74) is 10.7. The summed E-state index contributed by atoms with van der Waals surface area (Å²) < 4.78 is 97.7. The molecule has 1 aliphatic heterocycles. The molecule has 0 saturated carbocycles. The third-order valence-corrected chi connectivity index (χ3v) is 6.05. The van der Waals surface area contributed by atoms with E-state index in [9.17, 15) is 40.7 Å². The highest BCUT2D eigenvalue weighted by Gasteiger charge is 2.60. The van der Waals surface area contributed by atoms with Crippen LogP contribution in [0.25, 0.3) is 0 Å². The van der Waals surface area contributed by atoms with Gasteiger partial charge in [0.2, 0.25) is 5.67 Å². The number of aromatic nitrogens is 4. The summed E-state index contributed by atoms with van der Waals surface area (Å²) >= 11 is 5.14. The summed E-state index contributed by atoms with van der Waals surface area (Å²) in [6, 6.07) is 0. The number of ether oxygens (including phenoxy) is 1. The summed E-state index contributed by atoms with van der Waals surface area (Å²) in [6.45, 7) is 13.1. The number of carbonyl (C=O) groups is 3. The predicted octanol–water partition coefficient (Wildman–Crippen LogP) is 1.69. The number of aldehydes is 1. The van der Waals surface area contributed by atoms with Crippen molar-refractivity contribution >= 4 is 65.5 Å². The summed E-state index contributed by atoms with van der Waals surface area (Å²) in [4.78, 5) is 34.1. The van der Waals surface area contributed by atoms with Crippen LogP contribution < -0.4 is 29.1 Å². The number of rotatable bonds is 5. The number of hydrogen-bond acceptors (Lipinski definition) is 11. The van der Waals surface area contributed by atoms with Gasteiger partial charge in [-0.05, 0) is 61.5 Å². The highest BCUT2D eigenvalue weighted by atomic mass is 35.5. The average molecular weight is 931 g/mol. The van der Waals surface area contributed by atoms with E-state index in [2.05, 4.69) is 61.1 Å². The van der Waals surface area contributed by atoms with Crippen LogP contribution in [0.4, 0.5) is 35.5 Å². The Hall–Kier alpha value is -3.67. The molecule has 1 aliphatic rings. The second-order valence-corrected chi connectivity index (χ2v) is 11.7. The normalized spacial score (nSPS) is 10.9. The quantitative estimate of drug-likeness (QED) is 0.0765. The molecular formula is C34H67B3Cl2F7N11O4. The summed E-state index contributed by atoms with van der Waals surface area (Å²) in [6.07, 6.45) is -12.8. The second-order valence-electron chi connectivity index (χ2n) is 11.5. The predicted molar refractivity (Wildman–Crippen MR) is 231 cm³/mol. The van der Waals surface area contributed by atoms with E-state index in [-0.39, 0.29) is 46.1 Å². The third-order valence-electron chi connectivity index (χ3n) is 5.66. The Labute approximate surface area is 375 Å². The van der Waals surface area contributed by atoms with Crippen molar-refractivity contribution < 1.29 is 66.8 Å². The molecule has 1 amide bonds. The lowest BCUT2D eigenvalue weighted by atomic mass is 10.2. The van der Waals surface area contributed by atoms with E-state index in [4.69, 9.17) is 17.3 Å². The standard InChI is InChI=1S/C14H18F6N4O2.C6H8N2O.C4H10N2.C3H7ClN.C3H6O.CH3B.CH6N2.2CH4.BF.BH.ClH/c1-9-10(7-22(2)21-9)8-23-3-5-24(6-4-23)12(25)26-11(13(15,16)17)14(18,19)20;1-5-6(4-9)3-8(2)7-5;1-4(2)6-5-3;1-5(2)3-4;1-3(2)4;1-2;1-3-2;;;1-2;;/h7,11H,3-6,8H2,1-2H3;3-4H,1-2H3;5H,1-3H3;3H,1-2H3;1-2H3;1H3;3H,2H2,1H3;2*1H4;;2*1H/q;;;+1;;;;;;;;/p-1/i;;;;;;;;;;1D;. The Morgan fingerprint density at radius 2 is 1.33 bits per heavy atom. The Kier molecular flexibility index (Phi) is 54.4. The maximum absolute atomic E-state index is 12.5. The molecule has 4 N–H and O–H groups in total. The van der Waals surface area contributed by atoms with Gasteiger partial charge in [-0.2, -0.15) is 41.6 Å². The number of Topliss-reactive ketones (excluding diaryl/α,β-unsaturated/α-hetero) is 1. The number of hydrazine groups is 1. The van der Waals surface area contributed by atoms with E-state index in [1.807, 2.05) is 52.9 Å². The lowest BCUT2D eigenvalue weighted by Gasteiger charge is -2.35. The van der Waals surface area contributed by atoms with E-state index < -0.39 is 24.5 Å². The van der Waals surface area contributed by atoms with Gasteiger partial charge < -0.3 is 36.6 Å². The van der Waals surface area contributed by atoms with Gasteiger partial charge in [-0.1, -0.05) is 21.7 Å². The summed E-state index contributed by atoms with van der Waals surface area (Å²) in [7, 11) is 22.0. The zero-order valence-corrected chi connectivity index (χ0v) is 37.4. The largest absolute Gasteiger partial charge is 1.00 e. The van der Waals surface area contributed by atoms with E-state index in [1.165, 1.54) is 26.3 Å². The van der Waals surface area contributed by atoms with Gasteiger partial charge in [-0.3, -0.25) is 30.3 Å². The zero-order valence-electron chi connectivity index (χ0n) is 36.8. The molecular weight excluding hydrogens is 863 g/mol. The molecule has 1 fully saturated rings. The van der Waals surface area contributed by atoms with Gasteiger partial charge in [0.1, 0.15) is 19.9 Å². The molecule has 15 nitrogen and oxygen atoms in total. The smallest absolute Gasteiger partial charge is 0.434 e. The van der Waals surface area contributed by atoms with Crippen LogP contribution in [0.3, 0.4) is 0 Å². The minimum Gasteiger partial charge on any atom is -1.00 e. The molecule has 0 unspecified atom stereocenters. The number of hydrogen-bond donors (Lipinski definition) is 3. The van der Waals surface area contributed by atoms with Gasteiger partial charge in [0.25, 0.3) is 6.10 Å². The van der Waals surface area contributed by atoms with Gasteiger partial charge in [0.15, 0.2) is 6.29 Å². The SMILES string of the molecule is C.C.CC(C)=O.CNN.CNN=C(C)C.C[N+](C)=CCl.Cc1nn(C)cc1C=O.Cc1nn(C)cc1CN1CCN(C(=O)OC(C(F)(F)F)C(F)(F)F)CC1.[2H][B].[B]C.[B]F.[Cl-]. The molecule has 0 atom stereocenters. The molecule has 354 valence electrons. The van der Waals surface area contributed by atoms with Crippen molar-refractivity contribution in [3.05, 3.63) is 34.9 Å². The molecule has 27 heteroatoms. The number of piperazine rings is 1.